The number of hydrogen-bond acceptors (Lipinski definition) is 6. The van der Waals surface area contributed by atoms with Gasteiger partial charge < -0.3 is 14.2 Å². The van der Waals surface area contributed by atoms with Crippen LogP contribution in [0.4, 0.5) is 0 Å². The first-order chi connectivity index (χ1) is 40.5. The van der Waals surface area contributed by atoms with Crippen LogP contribution in [0.1, 0.15) is 361 Å². The molecule has 0 spiro atoms. The van der Waals surface area contributed by atoms with E-state index < -0.39 is 6.10 Å². The molecule has 0 fully saturated rings. The number of carbonyl (C=O) groups is 3. The third-order valence-electron chi connectivity index (χ3n) is 15.6. The Hall–Kier alpha value is -3.41. The number of esters is 3. The highest BCUT2D eigenvalue weighted by Gasteiger charge is 2.19. The van der Waals surface area contributed by atoms with Crippen LogP contribution in [0.5, 0.6) is 0 Å². The van der Waals surface area contributed by atoms with E-state index in [0.717, 1.165) is 96.3 Å². The van der Waals surface area contributed by atoms with E-state index in [9.17, 15) is 14.4 Å². The summed E-state index contributed by atoms with van der Waals surface area (Å²) in [6.07, 6.45) is 93.5. The molecule has 0 amide bonds. The van der Waals surface area contributed by atoms with E-state index in [1.807, 2.05) is 0 Å². The Balaban J connectivity index is 4.22. The quantitative estimate of drug-likeness (QED) is 0.0261. The molecule has 0 aliphatic heterocycles. The van der Waals surface area contributed by atoms with E-state index in [0.29, 0.717) is 19.3 Å². The van der Waals surface area contributed by atoms with Crippen LogP contribution in [0.25, 0.3) is 0 Å². The molecule has 6 heteroatoms. The Bertz CT molecular complexity index is 1550. The molecule has 0 aliphatic carbocycles. The number of hydrogen-bond donors (Lipinski definition) is 0. The zero-order chi connectivity index (χ0) is 59.2. The SMILES string of the molecule is CC/C=C\C/C=C\C/C=C\C/C=C\C/C=C\C/C=C\CCCCC(=O)OC(COC(=O)CCCCCCC/C=C\CCCCC)COC(=O)CCCCCCCCCCCCCCCCCCCCCCCCCCCCCCCCC. The lowest BCUT2D eigenvalue weighted by Crippen LogP contribution is -2.30. The predicted octanol–water partition coefficient (Wildman–Crippen LogP) is 24.6. The van der Waals surface area contributed by atoms with Gasteiger partial charge in [0, 0.05) is 19.3 Å². The fraction of sp³-hybridized carbons (Fsp3) is 0.776. The van der Waals surface area contributed by atoms with Gasteiger partial charge in [-0.15, -0.1) is 0 Å². The molecule has 0 saturated carbocycles. The summed E-state index contributed by atoms with van der Waals surface area (Å²) in [5, 5.41) is 0. The minimum atomic E-state index is -0.804. The lowest BCUT2D eigenvalue weighted by molar-refractivity contribution is -0.167. The van der Waals surface area contributed by atoms with Crippen molar-refractivity contribution in [2.24, 2.45) is 0 Å². The molecule has 0 bridgehead atoms. The van der Waals surface area contributed by atoms with Gasteiger partial charge in [-0.1, -0.05) is 331 Å². The summed E-state index contributed by atoms with van der Waals surface area (Å²) >= 11 is 0. The molecule has 0 aromatic carbocycles. The van der Waals surface area contributed by atoms with Crippen molar-refractivity contribution in [2.75, 3.05) is 13.2 Å². The number of carbonyl (C=O) groups excluding carboxylic acids is 3. The Kier molecular flexibility index (Phi) is 67.2. The molecule has 82 heavy (non-hydrogen) atoms. The number of unbranched alkanes of at least 4 members (excludes halogenated alkanes) is 40. The second kappa shape index (κ2) is 70.1. The molecular weight excluding hydrogens is 1010 g/mol. The first kappa shape index (κ1) is 78.6. The molecule has 0 heterocycles. The smallest absolute Gasteiger partial charge is 0.306 e. The van der Waals surface area contributed by atoms with Gasteiger partial charge in [0.1, 0.15) is 13.2 Å². The molecule has 0 aliphatic rings. The number of ether oxygens (including phenoxy) is 3. The standard InChI is InChI=1S/C76H134O6/c1-4-7-10-13-16-19-22-25-27-29-31-33-34-35-36-37-38-39-40-41-42-44-45-47-49-51-54-57-60-63-66-69-75(78)81-72-73(71-80-74(77)68-65-62-59-56-53-24-21-18-15-12-9-6-3)82-76(79)70-67-64-61-58-55-52-50-48-46-43-32-30-28-26-23-20-17-14-11-8-5-2/h8,11,17-18,20-21,26,28,32,43,48,50,55,58,73H,4-7,9-10,12-16,19,22-25,27,29-31,33-42,44-47,49,51-54,56-57,59-72H2,1-3H3/b11-8-,20-17-,21-18-,28-26-,43-32-,50-48-,58-55-. The van der Waals surface area contributed by atoms with Crippen LogP contribution in [0, 0.1) is 0 Å². The Labute approximate surface area is 509 Å². The fourth-order valence-electron chi connectivity index (χ4n) is 10.3. The van der Waals surface area contributed by atoms with Crippen molar-refractivity contribution in [3.8, 4) is 0 Å². The van der Waals surface area contributed by atoms with Crippen molar-refractivity contribution in [2.45, 2.75) is 367 Å². The van der Waals surface area contributed by atoms with Gasteiger partial charge in [0.05, 0.1) is 0 Å². The summed E-state index contributed by atoms with van der Waals surface area (Å²) in [6, 6.07) is 0. The van der Waals surface area contributed by atoms with Crippen molar-refractivity contribution in [3.05, 3.63) is 85.1 Å². The molecule has 1 unspecified atom stereocenters. The maximum Gasteiger partial charge on any atom is 0.306 e. The maximum atomic E-state index is 12.9. The van der Waals surface area contributed by atoms with Crippen molar-refractivity contribution >= 4 is 17.9 Å². The van der Waals surface area contributed by atoms with Crippen LogP contribution in [0.15, 0.2) is 85.1 Å². The summed E-state index contributed by atoms with van der Waals surface area (Å²) < 4.78 is 16.9. The zero-order valence-electron chi connectivity index (χ0n) is 54.5. The molecule has 0 aromatic rings. The minimum absolute atomic E-state index is 0.0942. The Morgan fingerprint density at radius 2 is 0.476 bits per heavy atom. The molecule has 1 atom stereocenters. The fourth-order valence-corrected chi connectivity index (χ4v) is 10.3. The van der Waals surface area contributed by atoms with Crippen LogP contribution < -0.4 is 0 Å². The van der Waals surface area contributed by atoms with E-state index in [-0.39, 0.29) is 37.5 Å². The zero-order valence-corrected chi connectivity index (χ0v) is 54.5. The minimum Gasteiger partial charge on any atom is -0.462 e. The molecule has 0 rings (SSSR count). The summed E-state index contributed by atoms with van der Waals surface area (Å²) in [6.45, 7) is 6.51. The molecule has 6 nitrogen and oxygen atoms in total. The van der Waals surface area contributed by atoms with Gasteiger partial charge >= 0.3 is 17.9 Å². The number of rotatable bonds is 65. The van der Waals surface area contributed by atoms with Gasteiger partial charge in [0.15, 0.2) is 6.10 Å². The average Bonchev–Trinajstić information content (AvgIpc) is 3.47. The third-order valence-corrected chi connectivity index (χ3v) is 15.6. The van der Waals surface area contributed by atoms with Crippen molar-refractivity contribution in [1.82, 2.24) is 0 Å². The molecule has 0 radical (unpaired) electrons. The lowest BCUT2D eigenvalue weighted by atomic mass is 10.0. The van der Waals surface area contributed by atoms with Crippen LogP contribution in [0.2, 0.25) is 0 Å². The van der Waals surface area contributed by atoms with Gasteiger partial charge in [-0.05, 0) is 96.3 Å². The molecule has 0 saturated heterocycles. The Morgan fingerprint density at radius 1 is 0.256 bits per heavy atom. The van der Waals surface area contributed by atoms with E-state index in [1.54, 1.807) is 0 Å². The Morgan fingerprint density at radius 3 is 0.805 bits per heavy atom. The summed E-state index contributed by atoms with van der Waals surface area (Å²) in [5.41, 5.74) is 0. The van der Waals surface area contributed by atoms with E-state index in [1.165, 1.54) is 218 Å². The highest BCUT2D eigenvalue weighted by atomic mass is 16.6. The first-order valence-electron chi connectivity index (χ1n) is 35.6. The van der Waals surface area contributed by atoms with Crippen LogP contribution in [-0.4, -0.2) is 37.2 Å². The molecule has 0 aromatic heterocycles. The van der Waals surface area contributed by atoms with Gasteiger partial charge in [-0.3, -0.25) is 14.4 Å². The topological polar surface area (TPSA) is 78.9 Å². The number of allylic oxidation sites excluding steroid dienone is 14. The average molecular weight is 1140 g/mol. The predicted molar refractivity (Wildman–Crippen MR) is 358 cm³/mol. The van der Waals surface area contributed by atoms with Crippen molar-refractivity contribution < 1.29 is 28.6 Å². The van der Waals surface area contributed by atoms with Crippen molar-refractivity contribution in [1.29, 1.82) is 0 Å². The normalized spacial score (nSPS) is 12.6. The van der Waals surface area contributed by atoms with Crippen LogP contribution in [-0.2, 0) is 28.6 Å². The highest BCUT2D eigenvalue weighted by molar-refractivity contribution is 5.71. The second-order valence-electron chi connectivity index (χ2n) is 23.8. The summed E-state index contributed by atoms with van der Waals surface area (Å²) in [5.74, 6) is -0.932. The molecule has 0 N–H and O–H groups in total. The van der Waals surface area contributed by atoms with Crippen LogP contribution in [0.3, 0.4) is 0 Å². The monoisotopic (exact) mass is 1140 g/mol. The summed E-state index contributed by atoms with van der Waals surface area (Å²) in [4.78, 5) is 38.3. The lowest BCUT2D eigenvalue weighted by Gasteiger charge is -2.18. The van der Waals surface area contributed by atoms with E-state index in [2.05, 4.69) is 106 Å². The highest BCUT2D eigenvalue weighted by Crippen LogP contribution is 2.18. The van der Waals surface area contributed by atoms with E-state index in [4.69, 9.17) is 14.2 Å². The third kappa shape index (κ3) is 67.4. The van der Waals surface area contributed by atoms with Gasteiger partial charge in [-0.2, -0.15) is 0 Å². The molecule has 474 valence electrons. The van der Waals surface area contributed by atoms with Crippen LogP contribution >= 0.6 is 0 Å². The molecular formula is C76H134O6. The maximum absolute atomic E-state index is 12.9. The van der Waals surface area contributed by atoms with Gasteiger partial charge in [-0.25, -0.2) is 0 Å². The summed E-state index contributed by atoms with van der Waals surface area (Å²) in [7, 11) is 0. The second-order valence-corrected chi connectivity index (χ2v) is 23.8. The largest absolute Gasteiger partial charge is 0.462 e. The first-order valence-corrected chi connectivity index (χ1v) is 35.6. The van der Waals surface area contributed by atoms with Gasteiger partial charge in [0.25, 0.3) is 0 Å². The van der Waals surface area contributed by atoms with Crippen molar-refractivity contribution in [3.63, 3.8) is 0 Å². The van der Waals surface area contributed by atoms with Gasteiger partial charge in [0.2, 0.25) is 0 Å². The van der Waals surface area contributed by atoms with E-state index >= 15 is 0 Å².